The number of carbonyl (C=O) groups excluding carboxylic acids is 2. The van der Waals surface area contributed by atoms with Crippen molar-refractivity contribution in [2.45, 2.75) is 12.5 Å². The molecule has 0 bridgehead atoms. The molecular formula is C17H13F3INO3. The number of halogens is 4. The topological polar surface area (TPSA) is 55.4 Å². The van der Waals surface area contributed by atoms with Crippen LogP contribution >= 0.6 is 22.6 Å². The van der Waals surface area contributed by atoms with E-state index in [1.165, 1.54) is 0 Å². The molecule has 0 spiro atoms. The molecule has 2 aromatic carbocycles. The summed E-state index contributed by atoms with van der Waals surface area (Å²) in [5.41, 5.74) is -0.211. The molecule has 1 amide bonds. The summed E-state index contributed by atoms with van der Waals surface area (Å²) in [7, 11) is 1.14. The summed E-state index contributed by atoms with van der Waals surface area (Å²) in [5.74, 6) is -5.79. The van der Waals surface area contributed by atoms with Crippen LogP contribution in [0.2, 0.25) is 0 Å². The van der Waals surface area contributed by atoms with Gasteiger partial charge in [-0.15, -0.1) is 0 Å². The first-order valence-corrected chi connectivity index (χ1v) is 8.18. The van der Waals surface area contributed by atoms with Gasteiger partial charge in [-0.25, -0.2) is 18.0 Å². The van der Waals surface area contributed by atoms with E-state index in [0.717, 1.165) is 16.2 Å². The van der Waals surface area contributed by atoms with Gasteiger partial charge in [-0.1, -0.05) is 18.2 Å². The van der Waals surface area contributed by atoms with Crippen LogP contribution in [0.25, 0.3) is 0 Å². The van der Waals surface area contributed by atoms with Crippen LogP contribution in [0.15, 0.2) is 36.4 Å². The Labute approximate surface area is 155 Å². The van der Waals surface area contributed by atoms with Crippen molar-refractivity contribution in [3.8, 4) is 0 Å². The Hall–Kier alpha value is -2.10. The van der Waals surface area contributed by atoms with Crippen molar-refractivity contribution in [3.63, 3.8) is 0 Å². The van der Waals surface area contributed by atoms with Gasteiger partial charge in [0.2, 0.25) is 0 Å². The number of nitrogens with one attached hydrogen (secondary N) is 1. The minimum Gasteiger partial charge on any atom is -0.467 e. The fourth-order valence-electron chi connectivity index (χ4n) is 2.21. The molecule has 8 heteroatoms. The SMILES string of the molecule is COC(=O)[C@H](Cc1ccccc1I)NC(=O)c1c(F)cc(F)cc1F. The van der Waals surface area contributed by atoms with E-state index in [1.807, 2.05) is 6.07 Å². The molecule has 0 saturated heterocycles. The van der Waals surface area contributed by atoms with Crippen LogP contribution in [0.5, 0.6) is 0 Å². The highest BCUT2D eigenvalue weighted by Gasteiger charge is 2.26. The molecule has 0 unspecified atom stereocenters. The number of hydrogen-bond acceptors (Lipinski definition) is 3. The molecular weight excluding hydrogens is 450 g/mol. The van der Waals surface area contributed by atoms with Crippen molar-refractivity contribution in [1.82, 2.24) is 5.32 Å². The second-order valence-electron chi connectivity index (χ2n) is 5.09. The first-order chi connectivity index (χ1) is 11.8. The number of methoxy groups -OCH3 is 1. The second-order valence-corrected chi connectivity index (χ2v) is 6.25. The van der Waals surface area contributed by atoms with Gasteiger partial charge in [0.05, 0.1) is 7.11 Å². The maximum atomic E-state index is 13.7. The van der Waals surface area contributed by atoms with E-state index >= 15 is 0 Å². The van der Waals surface area contributed by atoms with E-state index < -0.39 is 40.9 Å². The number of hydrogen-bond donors (Lipinski definition) is 1. The molecule has 0 fully saturated rings. The summed E-state index contributed by atoms with van der Waals surface area (Å²) >= 11 is 2.06. The molecule has 0 radical (unpaired) electrons. The molecule has 1 N–H and O–H groups in total. The molecule has 1 atom stereocenters. The fraction of sp³-hybridized carbons (Fsp3) is 0.176. The minimum atomic E-state index is -1.35. The van der Waals surface area contributed by atoms with E-state index in [0.29, 0.717) is 12.1 Å². The summed E-state index contributed by atoms with van der Waals surface area (Å²) in [6, 6.07) is 6.76. The van der Waals surface area contributed by atoms with E-state index in [4.69, 9.17) is 0 Å². The first kappa shape index (κ1) is 19.2. The van der Waals surface area contributed by atoms with Crippen molar-refractivity contribution >= 4 is 34.5 Å². The zero-order chi connectivity index (χ0) is 18.6. The van der Waals surface area contributed by atoms with Gasteiger partial charge in [0, 0.05) is 22.1 Å². The predicted octanol–water partition coefficient (Wildman–Crippen LogP) is 3.22. The van der Waals surface area contributed by atoms with Gasteiger partial charge in [0.25, 0.3) is 5.91 Å². The van der Waals surface area contributed by atoms with Crippen molar-refractivity contribution in [3.05, 3.63) is 68.5 Å². The summed E-state index contributed by atoms with van der Waals surface area (Å²) in [6.07, 6.45) is 0.0714. The van der Waals surface area contributed by atoms with Gasteiger partial charge in [0.1, 0.15) is 29.1 Å². The largest absolute Gasteiger partial charge is 0.467 e. The van der Waals surface area contributed by atoms with Gasteiger partial charge < -0.3 is 10.1 Å². The molecule has 0 aliphatic carbocycles. The summed E-state index contributed by atoms with van der Waals surface area (Å²) in [5, 5.41) is 2.24. The standard InChI is InChI=1S/C17H13F3INO3/c1-25-17(24)14(6-9-4-2-3-5-13(9)21)22-16(23)15-11(19)7-10(18)8-12(15)20/h2-5,7-8,14H,6H2,1H3,(H,22,23)/t14-/m0/s1. The summed E-state index contributed by atoms with van der Waals surface area (Å²) in [6.45, 7) is 0. The molecule has 0 aliphatic heterocycles. The normalized spacial score (nSPS) is 11.7. The quantitative estimate of drug-likeness (QED) is 0.548. The van der Waals surface area contributed by atoms with Crippen molar-refractivity contribution in [2.75, 3.05) is 7.11 Å². The van der Waals surface area contributed by atoms with Crippen LogP contribution < -0.4 is 5.32 Å². The molecule has 0 aromatic heterocycles. The summed E-state index contributed by atoms with van der Waals surface area (Å²) in [4.78, 5) is 24.1. The zero-order valence-corrected chi connectivity index (χ0v) is 15.1. The Balaban J connectivity index is 2.27. The summed E-state index contributed by atoms with van der Waals surface area (Å²) < 4.78 is 45.9. The van der Waals surface area contributed by atoms with Crippen molar-refractivity contribution < 1.29 is 27.5 Å². The minimum absolute atomic E-state index is 0.0714. The van der Waals surface area contributed by atoms with Crippen LogP contribution in [0, 0.1) is 21.0 Å². The Morgan fingerprint density at radius 1 is 1.16 bits per heavy atom. The molecule has 0 saturated carbocycles. The van der Waals surface area contributed by atoms with Crippen LogP contribution in [-0.4, -0.2) is 25.0 Å². The fourth-order valence-corrected chi connectivity index (χ4v) is 2.82. The lowest BCUT2D eigenvalue weighted by atomic mass is 10.1. The molecule has 132 valence electrons. The van der Waals surface area contributed by atoms with Gasteiger partial charge in [-0.2, -0.15) is 0 Å². The highest BCUT2D eigenvalue weighted by Crippen LogP contribution is 2.17. The van der Waals surface area contributed by atoms with Crippen LogP contribution in [-0.2, 0) is 16.0 Å². The average molecular weight is 463 g/mol. The lowest BCUT2D eigenvalue weighted by Crippen LogP contribution is -2.43. The van der Waals surface area contributed by atoms with E-state index in [1.54, 1.807) is 18.2 Å². The third kappa shape index (κ3) is 4.71. The number of amides is 1. The molecule has 2 aromatic rings. The number of esters is 1. The van der Waals surface area contributed by atoms with Crippen LogP contribution in [0.3, 0.4) is 0 Å². The van der Waals surface area contributed by atoms with Crippen LogP contribution in [0.4, 0.5) is 13.2 Å². The molecule has 0 aliphatic rings. The number of rotatable bonds is 5. The maximum absolute atomic E-state index is 13.7. The highest BCUT2D eigenvalue weighted by molar-refractivity contribution is 14.1. The number of carbonyl (C=O) groups is 2. The number of ether oxygens (including phenoxy) is 1. The Morgan fingerprint density at radius 3 is 2.32 bits per heavy atom. The first-order valence-electron chi connectivity index (χ1n) is 7.10. The van der Waals surface area contributed by atoms with Crippen molar-refractivity contribution in [2.24, 2.45) is 0 Å². The Kier molecular flexibility index (Phi) is 6.40. The van der Waals surface area contributed by atoms with Gasteiger partial charge in [0.15, 0.2) is 0 Å². The highest BCUT2D eigenvalue weighted by atomic mass is 127. The lowest BCUT2D eigenvalue weighted by Gasteiger charge is -2.18. The van der Waals surface area contributed by atoms with Crippen molar-refractivity contribution in [1.29, 1.82) is 0 Å². The Morgan fingerprint density at radius 2 is 1.76 bits per heavy atom. The van der Waals surface area contributed by atoms with Crippen LogP contribution in [0.1, 0.15) is 15.9 Å². The molecule has 0 heterocycles. The second kappa shape index (κ2) is 8.32. The molecule has 4 nitrogen and oxygen atoms in total. The van der Waals surface area contributed by atoms with E-state index in [9.17, 15) is 22.8 Å². The zero-order valence-electron chi connectivity index (χ0n) is 13.0. The van der Waals surface area contributed by atoms with Gasteiger partial charge in [-0.3, -0.25) is 4.79 Å². The maximum Gasteiger partial charge on any atom is 0.328 e. The van der Waals surface area contributed by atoms with Gasteiger partial charge >= 0.3 is 5.97 Å². The van der Waals surface area contributed by atoms with E-state index in [2.05, 4.69) is 32.6 Å². The average Bonchev–Trinajstić information content (AvgIpc) is 2.54. The monoisotopic (exact) mass is 463 g/mol. The van der Waals surface area contributed by atoms with Gasteiger partial charge in [-0.05, 0) is 34.2 Å². The molecule has 2 rings (SSSR count). The third-order valence-corrected chi connectivity index (χ3v) is 4.46. The predicted molar refractivity (Wildman–Crippen MR) is 92.4 cm³/mol. The molecule has 25 heavy (non-hydrogen) atoms. The number of benzene rings is 2. The van der Waals surface area contributed by atoms with E-state index in [-0.39, 0.29) is 6.42 Å². The smallest absolute Gasteiger partial charge is 0.328 e. The third-order valence-electron chi connectivity index (χ3n) is 3.41. The Bertz CT molecular complexity index is 790. The lowest BCUT2D eigenvalue weighted by molar-refractivity contribution is -0.142.